The number of hydrogen-bond acceptors (Lipinski definition) is 19. The lowest BCUT2D eigenvalue weighted by Gasteiger charge is -2.21. The highest BCUT2D eigenvalue weighted by atomic mass is 127. The Balaban J connectivity index is 0.00000110. The zero-order valence-corrected chi connectivity index (χ0v) is 46.8. The Bertz CT molecular complexity index is 1840. The Labute approximate surface area is 457 Å². The summed E-state index contributed by atoms with van der Waals surface area (Å²) in [6.45, 7) is -2.73. The van der Waals surface area contributed by atoms with Crippen LogP contribution in [0.4, 0.5) is 11.4 Å². The van der Waals surface area contributed by atoms with Crippen LogP contribution in [0, 0.1) is 21.4 Å². The van der Waals surface area contributed by atoms with Gasteiger partial charge in [0.25, 0.3) is 23.6 Å². The number of rotatable bonds is 24. The number of nitrogens with one attached hydrogen (secondary N) is 6. The number of aliphatic hydroxyl groups is 11. The van der Waals surface area contributed by atoms with Crippen LogP contribution in [-0.2, 0) is 9.59 Å². The third-order valence-electron chi connectivity index (χ3n) is 7.67. The number of halogens is 6. The fourth-order valence-electron chi connectivity index (χ4n) is 4.35. The predicted molar refractivity (Wildman–Crippen MR) is 283 cm³/mol. The number of carboxylic acid groups (broad SMARTS) is 2. The first-order valence-electron chi connectivity index (χ1n) is 18.5. The van der Waals surface area contributed by atoms with E-state index in [4.69, 9.17) is 46.0 Å². The summed E-state index contributed by atoms with van der Waals surface area (Å²) in [5, 5.41) is 132. The van der Waals surface area contributed by atoms with E-state index in [0.717, 1.165) is 0 Å². The summed E-state index contributed by atoms with van der Waals surface area (Å²) in [4.78, 5) is 69.8. The number of carbonyl (C=O) groups excluding carboxylic acids is 4. The molecule has 0 aliphatic rings. The molecule has 374 valence electrons. The number of benzene rings is 2. The second-order valence-electron chi connectivity index (χ2n) is 12.7. The largest absolute Gasteiger partial charge is 0.479 e. The van der Waals surface area contributed by atoms with E-state index in [1.54, 1.807) is 0 Å². The summed E-state index contributed by atoms with van der Waals surface area (Å²) in [5.74, 6) is -5.58. The van der Waals surface area contributed by atoms with Crippen molar-refractivity contribution in [2.75, 3.05) is 89.5 Å². The number of carboxylic acids is 2. The van der Waals surface area contributed by atoms with E-state index >= 15 is 0 Å². The molecule has 0 fully saturated rings. The van der Waals surface area contributed by atoms with Crippen LogP contribution in [0.1, 0.15) is 41.4 Å². The summed E-state index contributed by atoms with van der Waals surface area (Å²) < 4.78 is 2.72. The van der Waals surface area contributed by atoms with E-state index in [9.17, 15) is 49.2 Å². The van der Waals surface area contributed by atoms with Crippen LogP contribution in [0.5, 0.6) is 0 Å². The number of carbonyl (C=O) groups is 6. The smallest absolute Gasteiger partial charge is 0.344 e. The maximum Gasteiger partial charge on any atom is 0.344 e. The molecule has 4 unspecified atom stereocenters. The first-order valence-corrected chi connectivity index (χ1v) is 24.9. The Morgan fingerprint density at radius 3 is 0.848 bits per heavy atom. The van der Waals surface area contributed by atoms with Crippen molar-refractivity contribution < 1.29 is 95.2 Å². The maximum absolute atomic E-state index is 12.7. The molecule has 0 saturated carbocycles. The number of amides is 4. The van der Waals surface area contributed by atoms with Gasteiger partial charge in [-0.25, -0.2) is 9.59 Å². The van der Waals surface area contributed by atoms with Gasteiger partial charge >= 0.3 is 11.9 Å². The molecule has 66 heavy (non-hydrogen) atoms. The van der Waals surface area contributed by atoms with Crippen molar-refractivity contribution in [3.8, 4) is 0 Å². The molecule has 0 aliphatic heterocycles. The second kappa shape index (κ2) is 34.2. The molecule has 2 aromatic carbocycles. The molecule has 0 aromatic heterocycles. The van der Waals surface area contributed by atoms with Crippen molar-refractivity contribution in [3.05, 3.63) is 43.7 Å². The molecular weight excluding hydrogens is 1570 g/mol. The summed E-state index contributed by atoms with van der Waals surface area (Å²) in [7, 11) is 0. The van der Waals surface area contributed by atoms with Gasteiger partial charge in [-0.15, -0.1) is 0 Å². The van der Waals surface area contributed by atoms with Crippen LogP contribution in [0.25, 0.3) is 0 Å². The lowest BCUT2D eigenvalue weighted by atomic mass is 10.1. The lowest BCUT2D eigenvalue weighted by Crippen LogP contribution is -2.36. The van der Waals surface area contributed by atoms with Gasteiger partial charge in [0.05, 0.1) is 112 Å². The molecule has 0 spiro atoms. The second-order valence-corrected chi connectivity index (χ2v) is 19.2. The molecule has 0 bridgehead atoms. The standard InChI is InChI=1S/2C16H22I3N3O7.C3H4O5/c2*17-11-9(15(28)20-1-2-23)12(18)14(21-3-7(26)5-24)13(19)10(11)16(29)22-4-8(27)6-25;4-1(2(5)6)3(7)8/h2*7-8,21,23-27H,1-6H2,(H,20,28)(H,22,29);1,4H,(H,5,6)(H,7,8). The molecule has 0 aliphatic carbocycles. The molecule has 0 saturated heterocycles. The van der Waals surface area contributed by atoms with Crippen LogP contribution in [0.3, 0.4) is 0 Å². The fraction of sp³-hybridized carbons (Fsp3) is 0.486. The summed E-state index contributed by atoms with van der Waals surface area (Å²) in [6.07, 6.45) is -6.62. The van der Waals surface area contributed by atoms with Crippen molar-refractivity contribution in [2.24, 2.45) is 0 Å². The molecule has 0 heterocycles. The minimum Gasteiger partial charge on any atom is -0.479 e. The van der Waals surface area contributed by atoms with Crippen LogP contribution < -0.4 is 31.9 Å². The molecule has 2 rings (SSSR count). The number of aliphatic hydroxyl groups excluding tert-OH is 11. The van der Waals surface area contributed by atoms with Crippen LogP contribution in [0.15, 0.2) is 0 Å². The summed E-state index contributed by atoms with van der Waals surface area (Å²) in [6, 6.07) is 0. The average Bonchev–Trinajstić information content (AvgIpc) is 3.27. The zero-order valence-electron chi connectivity index (χ0n) is 33.9. The van der Waals surface area contributed by atoms with E-state index in [2.05, 4.69) is 31.9 Å². The van der Waals surface area contributed by atoms with Gasteiger partial charge in [0.1, 0.15) is 0 Å². The van der Waals surface area contributed by atoms with Gasteiger partial charge in [-0.1, -0.05) is 0 Å². The van der Waals surface area contributed by atoms with Gasteiger partial charge in [0.15, 0.2) is 0 Å². The highest BCUT2D eigenvalue weighted by molar-refractivity contribution is 14.1. The van der Waals surface area contributed by atoms with E-state index < -0.39 is 92.5 Å². The Morgan fingerprint density at radius 1 is 0.394 bits per heavy atom. The van der Waals surface area contributed by atoms with Gasteiger partial charge in [0.2, 0.25) is 6.10 Å². The molecule has 31 heteroatoms. The molecule has 4 amide bonds. The minimum atomic E-state index is -2.30. The lowest BCUT2D eigenvalue weighted by molar-refractivity contribution is -0.161. The highest BCUT2D eigenvalue weighted by Gasteiger charge is 2.30. The normalized spacial score (nSPS) is 12.5. The van der Waals surface area contributed by atoms with Crippen molar-refractivity contribution >= 4 is 182 Å². The minimum absolute atomic E-state index is 0.00885. The maximum atomic E-state index is 12.7. The topological polar surface area (TPSA) is 438 Å². The van der Waals surface area contributed by atoms with Gasteiger partial charge in [-0.2, -0.15) is 0 Å². The number of aliphatic carboxylic acids is 2. The molecule has 2 aromatic rings. The quantitative estimate of drug-likeness (QED) is 0.0361. The van der Waals surface area contributed by atoms with E-state index in [0.29, 0.717) is 32.8 Å². The number of anilines is 2. The first-order chi connectivity index (χ1) is 30.9. The van der Waals surface area contributed by atoms with E-state index in [1.807, 2.05) is 136 Å². The van der Waals surface area contributed by atoms with Crippen molar-refractivity contribution in [1.29, 1.82) is 0 Å². The molecular formula is C35H48I6N6O19. The molecule has 25 nitrogen and oxygen atoms in total. The van der Waals surface area contributed by atoms with Crippen LogP contribution in [-0.4, -0.2) is 211 Å². The first kappa shape index (κ1) is 64.8. The third-order valence-corrected chi connectivity index (χ3v) is 14.1. The molecule has 4 atom stereocenters. The Morgan fingerprint density at radius 2 is 0.636 bits per heavy atom. The van der Waals surface area contributed by atoms with Crippen molar-refractivity contribution in [3.63, 3.8) is 0 Å². The Hall–Kier alpha value is -1.20. The van der Waals surface area contributed by atoms with E-state index in [-0.39, 0.29) is 74.7 Å². The summed E-state index contributed by atoms with van der Waals surface area (Å²) in [5.41, 5.74) is 1.67. The third kappa shape index (κ3) is 21.0. The zero-order chi connectivity index (χ0) is 51.0. The van der Waals surface area contributed by atoms with Gasteiger partial charge < -0.3 is 98.3 Å². The van der Waals surface area contributed by atoms with Crippen LogP contribution >= 0.6 is 136 Å². The number of hydrogen-bond donors (Lipinski definition) is 19. The van der Waals surface area contributed by atoms with Crippen LogP contribution in [0.2, 0.25) is 0 Å². The van der Waals surface area contributed by atoms with Gasteiger partial charge in [-0.3, -0.25) is 19.2 Å². The average molecular weight is 1620 g/mol. The van der Waals surface area contributed by atoms with Crippen molar-refractivity contribution in [1.82, 2.24) is 21.3 Å². The summed E-state index contributed by atoms with van der Waals surface area (Å²) >= 11 is 11.6. The Kier molecular flexibility index (Phi) is 33.6. The fourth-order valence-corrected chi connectivity index (χ4v) is 13.4. The highest BCUT2D eigenvalue weighted by Crippen LogP contribution is 2.37. The monoisotopic (exact) mass is 1620 g/mol. The molecule has 0 radical (unpaired) electrons. The van der Waals surface area contributed by atoms with E-state index in [1.165, 1.54) is 0 Å². The van der Waals surface area contributed by atoms with Gasteiger partial charge in [0, 0.05) is 46.4 Å². The SMILES string of the molecule is O=C(NCCO)c1c(I)c(NCC(O)CO)c(I)c(C(=O)NCC(O)CO)c1I.O=C(NCCO)c1c(I)c(NCC(O)CO)c(I)c(C(=O)NCC(O)CO)c1I.O=C(O)C(O)C(=O)O. The van der Waals surface area contributed by atoms with Gasteiger partial charge in [-0.05, 0) is 136 Å². The van der Waals surface area contributed by atoms with Crippen molar-refractivity contribution in [2.45, 2.75) is 30.5 Å². The predicted octanol–water partition coefficient (Wildman–Crippen LogP) is -3.34. The molecule has 19 N–H and O–H groups in total.